The summed E-state index contributed by atoms with van der Waals surface area (Å²) < 4.78 is 1.79. The van der Waals surface area contributed by atoms with Crippen LogP contribution in [0.3, 0.4) is 0 Å². The van der Waals surface area contributed by atoms with E-state index in [0.717, 1.165) is 17.4 Å². The molecule has 4 rings (SSSR count). The van der Waals surface area contributed by atoms with Crippen LogP contribution in [0, 0.1) is 10.8 Å². The molecule has 2 unspecified atom stereocenters. The molecule has 3 aromatic heterocycles. The molecular weight excluding hydrogens is 362 g/mol. The number of nitrogens with zero attached hydrogens (tertiary/aromatic N) is 5. The molecule has 0 bridgehead atoms. The third kappa shape index (κ3) is 3.21. The summed E-state index contributed by atoms with van der Waals surface area (Å²) in [7, 11) is 0. The maximum absolute atomic E-state index is 11.2. The maximum atomic E-state index is 11.2. The SMILES string of the molecule is CC1CC1c1cn(-c2cc(C(=O)O)ccn2)c2ncnc(Cl)c12.O=NO. The summed E-state index contributed by atoms with van der Waals surface area (Å²) >= 11 is 6.29. The van der Waals surface area contributed by atoms with Crippen LogP contribution in [-0.4, -0.2) is 35.8 Å². The first-order valence-electron chi connectivity index (χ1n) is 7.65. The molecule has 134 valence electrons. The molecule has 0 radical (unpaired) electrons. The highest BCUT2D eigenvalue weighted by Crippen LogP contribution is 2.50. The summed E-state index contributed by atoms with van der Waals surface area (Å²) in [5.41, 5.74) is 1.92. The lowest BCUT2D eigenvalue weighted by molar-refractivity contribution is 0.0696. The number of hydrogen-bond acceptors (Lipinski definition) is 6. The van der Waals surface area contributed by atoms with E-state index < -0.39 is 5.97 Å². The van der Waals surface area contributed by atoms with Gasteiger partial charge in [0.25, 0.3) is 0 Å². The molecule has 0 saturated heterocycles. The first-order chi connectivity index (χ1) is 12.5. The molecule has 0 spiro atoms. The van der Waals surface area contributed by atoms with Crippen LogP contribution in [-0.2, 0) is 0 Å². The highest BCUT2D eigenvalue weighted by atomic mass is 35.5. The lowest BCUT2D eigenvalue weighted by Gasteiger charge is -2.04. The molecule has 3 aromatic rings. The summed E-state index contributed by atoms with van der Waals surface area (Å²) in [6.07, 6.45) is 5.94. The van der Waals surface area contributed by atoms with Crippen LogP contribution in [0.25, 0.3) is 16.9 Å². The minimum Gasteiger partial charge on any atom is -0.478 e. The van der Waals surface area contributed by atoms with E-state index in [-0.39, 0.29) is 5.56 Å². The number of fused-ring (bicyclic) bond motifs is 1. The zero-order valence-electron chi connectivity index (χ0n) is 13.6. The molecule has 1 fully saturated rings. The Morgan fingerprint density at radius 3 is 2.69 bits per heavy atom. The van der Waals surface area contributed by atoms with Crippen molar-refractivity contribution in [3.8, 4) is 5.82 Å². The van der Waals surface area contributed by atoms with E-state index in [1.54, 1.807) is 4.57 Å². The zero-order valence-corrected chi connectivity index (χ0v) is 14.3. The third-order valence-corrected chi connectivity index (χ3v) is 4.60. The van der Waals surface area contributed by atoms with E-state index in [0.29, 0.717) is 28.5 Å². The van der Waals surface area contributed by atoms with Crippen LogP contribution in [0.15, 0.2) is 36.2 Å². The number of aromatic nitrogens is 4. The van der Waals surface area contributed by atoms with Crippen LogP contribution in [0.2, 0.25) is 5.15 Å². The number of carboxylic acids is 1. The second-order valence-electron chi connectivity index (χ2n) is 5.93. The molecule has 0 aromatic carbocycles. The largest absolute Gasteiger partial charge is 0.478 e. The summed E-state index contributed by atoms with van der Waals surface area (Å²) in [6.45, 7) is 2.19. The lowest BCUT2D eigenvalue weighted by atomic mass is 10.1. The Kier molecular flexibility index (Phi) is 4.81. The van der Waals surface area contributed by atoms with Gasteiger partial charge in [-0.15, -0.1) is 4.91 Å². The topological polar surface area (TPSA) is 131 Å². The second kappa shape index (κ2) is 7.04. The molecule has 1 aliphatic rings. The monoisotopic (exact) mass is 375 g/mol. The molecule has 0 amide bonds. The standard InChI is InChI=1S/C16H13ClN4O2.HNO2/c1-8-4-10(8)11-6-21(15-13(11)14(17)19-7-20-15)12-5-9(16(22)23)2-3-18-12;2-1-3/h2-3,5-8,10H,4H2,1H3,(H,22,23);(H,2,3). The third-order valence-electron chi connectivity index (χ3n) is 4.31. The predicted molar refractivity (Wildman–Crippen MR) is 92.7 cm³/mol. The number of carbonyl (C=O) groups is 1. The summed E-state index contributed by atoms with van der Waals surface area (Å²) in [5.74, 6) is 0.548. The fraction of sp³-hybridized carbons (Fsp3) is 0.250. The van der Waals surface area contributed by atoms with E-state index in [1.807, 2.05) is 6.20 Å². The molecule has 9 nitrogen and oxygen atoms in total. The van der Waals surface area contributed by atoms with Gasteiger partial charge in [-0.25, -0.2) is 19.7 Å². The Balaban J connectivity index is 0.000000613. The van der Waals surface area contributed by atoms with E-state index in [4.69, 9.17) is 26.8 Å². The van der Waals surface area contributed by atoms with Gasteiger partial charge in [-0.1, -0.05) is 18.5 Å². The Hall–Kier alpha value is -3.07. The van der Waals surface area contributed by atoms with Crippen LogP contribution >= 0.6 is 11.6 Å². The zero-order chi connectivity index (χ0) is 18.8. The highest BCUT2D eigenvalue weighted by Gasteiger charge is 2.37. The van der Waals surface area contributed by atoms with Crippen LogP contribution in [0.1, 0.15) is 35.2 Å². The molecule has 1 saturated carbocycles. The first-order valence-corrected chi connectivity index (χ1v) is 8.03. The van der Waals surface area contributed by atoms with Gasteiger partial charge in [0.1, 0.15) is 17.3 Å². The summed E-state index contributed by atoms with van der Waals surface area (Å²) in [5, 5.41) is 18.3. The quantitative estimate of drug-likeness (QED) is 0.407. The molecule has 1 aliphatic carbocycles. The Morgan fingerprint density at radius 1 is 1.38 bits per heavy atom. The first kappa shape index (κ1) is 17.7. The van der Waals surface area contributed by atoms with E-state index in [9.17, 15) is 4.79 Å². The van der Waals surface area contributed by atoms with Gasteiger partial charge in [-0.2, -0.15) is 0 Å². The van der Waals surface area contributed by atoms with Crippen molar-refractivity contribution in [3.05, 3.63) is 52.0 Å². The minimum absolute atomic E-state index is 0.179. The summed E-state index contributed by atoms with van der Waals surface area (Å²) in [4.78, 5) is 32.0. The van der Waals surface area contributed by atoms with Gasteiger partial charge < -0.3 is 10.3 Å². The number of hydrogen-bond donors (Lipinski definition) is 2. The molecule has 26 heavy (non-hydrogen) atoms. The van der Waals surface area contributed by atoms with Crippen molar-refractivity contribution in [2.24, 2.45) is 11.3 Å². The molecular formula is C16H14ClN5O4. The molecule has 2 atom stereocenters. The van der Waals surface area contributed by atoms with Crippen molar-refractivity contribution in [1.29, 1.82) is 0 Å². The van der Waals surface area contributed by atoms with Crippen molar-refractivity contribution in [2.75, 3.05) is 0 Å². The van der Waals surface area contributed by atoms with Gasteiger partial charge in [-0.05, 0) is 36.0 Å². The minimum atomic E-state index is -0.992. The Morgan fingerprint density at radius 2 is 2.08 bits per heavy atom. The highest BCUT2D eigenvalue weighted by molar-refractivity contribution is 6.34. The van der Waals surface area contributed by atoms with Crippen molar-refractivity contribution in [2.45, 2.75) is 19.3 Å². The van der Waals surface area contributed by atoms with E-state index in [1.165, 1.54) is 30.0 Å². The summed E-state index contributed by atoms with van der Waals surface area (Å²) in [6, 6.07) is 2.99. The normalized spacial score (nSPS) is 18.1. The van der Waals surface area contributed by atoms with E-state index in [2.05, 4.69) is 21.9 Å². The Bertz CT molecular complexity index is 990. The van der Waals surface area contributed by atoms with Crippen molar-refractivity contribution in [1.82, 2.24) is 19.5 Å². The van der Waals surface area contributed by atoms with Crippen molar-refractivity contribution >= 4 is 28.6 Å². The van der Waals surface area contributed by atoms with Gasteiger partial charge in [0.15, 0.2) is 11.0 Å². The second-order valence-corrected chi connectivity index (χ2v) is 6.28. The molecule has 3 heterocycles. The average Bonchev–Trinajstić information content (AvgIpc) is 3.21. The number of pyridine rings is 1. The number of halogens is 1. The van der Waals surface area contributed by atoms with Gasteiger partial charge in [-0.3, -0.25) is 4.57 Å². The maximum Gasteiger partial charge on any atom is 0.335 e. The van der Waals surface area contributed by atoms with Crippen LogP contribution < -0.4 is 0 Å². The van der Waals surface area contributed by atoms with Gasteiger partial charge in [0.2, 0.25) is 0 Å². The van der Waals surface area contributed by atoms with Crippen molar-refractivity contribution < 1.29 is 15.1 Å². The molecule has 10 heteroatoms. The van der Waals surface area contributed by atoms with Crippen LogP contribution in [0.5, 0.6) is 0 Å². The van der Waals surface area contributed by atoms with Gasteiger partial charge >= 0.3 is 5.97 Å². The fourth-order valence-corrected chi connectivity index (χ4v) is 3.18. The number of aromatic carboxylic acids is 1. The van der Waals surface area contributed by atoms with E-state index >= 15 is 0 Å². The average molecular weight is 376 g/mol. The van der Waals surface area contributed by atoms with Gasteiger partial charge in [0, 0.05) is 12.4 Å². The Labute approximate surface area is 152 Å². The number of carboxylic acid groups (broad SMARTS) is 1. The smallest absolute Gasteiger partial charge is 0.335 e. The van der Waals surface area contributed by atoms with Crippen molar-refractivity contribution in [3.63, 3.8) is 0 Å². The lowest BCUT2D eigenvalue weighted by Crippen LogP contribution is -2.02. The fourth-order valence-electron chi connectivity index (χ4n) is 2.95. The number of rotatable bonds is 3. The predicted octanol–water partition coefficient (Wildman–Crippen LogP) is 3.43. The molecule has 2 N–H and O–H groups in total. The van der Waals surface area contributed by atoms with Crippen LogP contribution in [0.4, 0.5) is 0 Å². The van der Waals surface area contributed by atoms with Gasteiger partial charge in [0.05, 0.1) is 10.9 Å². The molecule has 0 aliphatic heterocycles.